The summed E-state index contributed by atoms with van der Waals surface area (Å²) in [7, 11) is 1.65. The zero-order chi connectivity index (χ0) is 11.5. The van der Waals surface area contributed by atoms with Gasteiger partial charge in [-0.2, -0.15) is 0 Å². The molecule has 1 amide bonds. The van der Waals surface area contributed by atoms with Gasteiger partial charge >= 0.3 is 6.09 Å². The quantitative estimate of drug-likeness (QED) is 0.829. The Morgan fingerprint density at radius 3 is 2.69 bits per heavy atom. The highest BCUT2D eigenvalue weighted by molar-refractivity contribution is 5.70. The van der Waals surface area contributed by atoms with Crippen molar-refractivity contribution >= 4 is 6.09 Å². The van der Waals surface area contributed by atoms with Crippen molar-refractivity contribution in [3.05, 3.63) is 35.9 Å². The summed E-state index contributed by atoms with van der Waals surface area (Å²) in [6, 6.07) is 9.57. The molecule has 0 spiro atoms. The molecule has 4 heteroatoms. The highest BCUT2D eigenvalue weighted by Gasteiger charge is 2.38. The van der Waals surface area contributed by atoms with Crippen LogP contribution in [0.1, 0.15) is 5.56 Å². The lowest BCUT2D eigenvalue weighted by Crippen LogP contribution is -2.37. The molecular formula is C12H15NO3. The number of rotatable bonds is 3. The third-order valence-corrected chi connectivity index (χ3v) is 2.93. The number of benzene rings is 1. The summed E-state index contributed by atoms with van der Waals surface area (Å²) in [6.07, 6.45) is 0.0205. The SMILES string of the molecule is CN1C(=O)OC(Cc2ccccc2)C1CO. The van der Waals surface area contributed by atoms with Gasteiger partial charge in [-0.1, -0.05) is 30.3 Å². The molecule has 2 unspecified atom stereocenters. The molecular weight excluding hydrogens is 206 g/mol. The van der Waals surface area contributed by atoms with Crippen LogP contribution in [0.15, 0.2) is 30.3 Å². The second-order valence-corrected chi connectivity index (χ2v) is 3.97. The van der Waals surface area contributed by atoms with Gasteiger partial charge in [0, 0.05) is 13.5 Å². The molecule has 0 aliphatic carbocycles. The van der Waals surface area contributed by atoms with Crippen LogP contribution in [-0.4, -0.2) is 41.9 Å². The topological polar surface area (TPSA) is 49.8 Å². The summed E-state index contributed by atoms with van der Waals surface area (Å²) in [6.45, 7) is -0.0697. The zero-order valence-corrected chi connectivity index (χ0v) is 9.17. The molecule has 1 aromatic carbocycles. The van der Waals surface area contributed by atoms with Crippen LogP contribution in [-0.2, 0) is 11.2 Å². The molecule has 1 saturated heterocycles. The van der Waals surface area contributed by atoms with Crippen molar-refractivity contribution in [2.24, 2.45) is 0 Å². The number of aliphatic hydroxyl groups excluding tert-OH is 1. The fourth-order valence-electron chi connectivity index (χ4n) is 1.94. The number of hydrogen-bond acceptors (Lipinski definition) is 3. The Balaban J connectivity index is 2.08. The maximum atomic E-state index is 11.3. The van der Waals surface area contributed by atoms with E-state index in [9.17, 15) is 9.90 Å². The van der Waals surface area contributed by atoms with Gasteiger partial charge in [0.1, 0.15) is 6.10 Å². The second-order valence-electron chi connectivity index (χ2n) is 3.97. The molecule has 0 radical (unpaired) electrons. The Hall–Kier alpha value is -1.55. The Labute approximate surface area is 94.4 Å². The fourth-order valence-corrected chi connectivity index (χ4v) is 1.94. The molecule has 1 aliphatic rings. The zero-order valence-electron chi connectivity index (χ0n) is 9.17. The summed E-state index contributed by atoms with van der Waals surface area (Å²) in [4.78, 5) is 12.8. The van der Waals surface area contributed by atoms with E-state index < -0.39 is 0 Å². The molecule has 4 nitrogen and oxygen atoms in total. The van der Waals surface area contributed by atoms with Crippen molar-refractivity contribution in [3.8, 4) is 0 Å². The molecule has 1 aromatic rings. The Bertz CT molecular complexity index is 366. The van der Waals surface area contributed by atoms with E-state index in [0.29, 0.717) is 6.42 Å². The van der Waals surface area contributed by atoms with Crippen LogP contribution in [0.3, 0.4) is 0 Å². The number of nitrogens with zero attached hydrogens (tertiary/aromatic N) is 1. The van der Waals surface area contributed by atoms with Crippen LogP contribution >= 0.6 is 0 Å². The second kappa shape index (κ2) is 4.53. The molecule has 1 N–H and O–H groups in total. The highest BCUT2D eigenvalue weighted by Crippen LogP contribution is 2.20. The minimum Gasteiger partial charge on any atom is -0.443 e. The molecule has 1 heterocycles. The van der Waals surface area contributed by atoms with Crippen molar-refractivity contribution in [3.63, 3.8) is 0 Å². The smallest absolute Gasteiger partial charge is 0.410 e. The van der Waals surface area contributed by atoms with Gasteiger partial charge in [-0.15, -0.1) is 0 Å². The maximum absolute atomic E-state index is 11.3. The highest BCUT2D eigenvalue weighted by atomic mass is 16.6. The first-order valence-electron chi connectivity index (χ1n) is 5.30. The average molecular weight is 221 g/mol. The number of aliphatic hydroxyl groups is 1. The first-order valence-corrected chi connectivity index (χ1v) is 5.30. The number of hydrogen-bond donors (Lipinski definition) is 1. The lowest BCUT2D eigenvalue weighted by molar-refractivity contribution is 0.118. The number of cyclic esters (lactones) is 1. The summed E-state index contributed by atoms with van der Waals surface area (Å²) < 4.78 is 5.21. The average Bonchev–Trinajstić information content (AvgIpc) is 2.56. The minimum absolute atomic E-state index is 0.0697. The number of ether oxygens (including phenoxy) is 1. The van der Waals surface area contributed by atoms with Crippen LogP contribution in [0.25, 0.3) is 0 Å². The number of carbonyl (C=O) groups excluding carboxylic acids is 1. The van der Waals surface area contributed by atoms with Gasteiger partial charge < -0.3 is 14.7 Å². The van der Waals surface area contributed by atoms with E-state index in [1.165, 1.54) is 4.90 Å². The van der Waals surface area contributed by atoms with Gasteiger partial charge in [-0.3, -0.25) is 0 Å². The van der Waals surface area contributed by atoms with Crippen molar-refractivity contribution in [2.75, 3.05) is 13.7 Å². The van der Waals surface area contributed by atoms with E-state index in [1.54, 1.807) is 7.05 Å². The van der Waals surface area contributed by atoms with Gasteiger partial charge in [-0.05, 0) is 5.56 Å². The predicted octanol–water partition coefficient (Wildman–Crippen LogP) is 1.04. The Morgan fingerprint density at radius 1 is 1.38 bits per heavy atom. The first kappa shape index (κ1) is 11.0. The molecule has 2 atom stereocenters. The summed E-state index contributed by atoms with van der Waals surface area (Å²) in [5, 5.41) is 9.23. The van der Waals surface area contributed by atoms with Crippen LogP contribution in [0.4, 0.5) is 4.79 Å². The van der Waals surface area contributed by atoms with Crippen LogP contribution < -0.4 is 0 Å². The van der Waals surface area contributed by atoms with E-state index >= 15 is 0 Å². The number of likely N-dealkylation sites (N-methyl/N-ethyl adjacent to an activating group) is 1. The van der Waals surface area contributed by atoms with Crippen molar-refractivity contribution < 1.29 is 14.6 Å². The number of amides is 1. The third-order valence-electron chi connectivity index (χ3n) is 2.93. The molecule has 1 fully saturated rings. The summed E-state index contributed by atoms with van der Waals surface area (Å²) in [5.41, 5.74) is 1.11. The molecule has 2 rings (SSSR count). The lowest BCUT2D eigenvalue weighted by atomic mass is 10.0. The van der Waals surface area contributed by atoms with E-state index in [1.807, 2.05) is 30.3 Å². The standard InChI is InChI=1S/C12H15NO3/c1-13-10(8-14)11(16-12(13)15)7-9-5-3-2-4-6-9/h2-6,10-11,14H,7-8H2,1H3. The van der Waals surface area contributed by atoms with Gasteiger partial charge in [-0.25, -0.2) is 4.79 Å². The molecule has 86 valence electrons. The summed E-state index contributed by atoms with van der Waals surface area (Å²) in [5.74, 6) is 0. The fraction of sp³-hybridized carbons (Fsp3) is 0.417. The molecule has 0 aromatic heterocycles. The van der Waals surface area contributed by atoms with Crippen LogP contribution in [0, 0.1) is 0 Å². The molecule has 1 aliphatic heterocycles. The van der Waals surface area contributed by atoms with Gasteiger partial charge in [0.2, 0.25) is 0 Å². The monoisotopic (exact) mass is 221 g/mol. The molecule has 0 bridgehead atoms. The minimum atomic E-state index is -0.361. The molecule has 0 saturated carbocycles. The van der Waals surface area contributed by atoms with Crippen LogP contribution in [0.5, 0.6) is 0 Å². The predicted molar refractivity (Wildman–Crippen MR) is 59.1 cm³/mol. The molecule has 16 heavy (non-hydrogen) atoms. The van der Waals surface area contributed by atoms with Gasteiger partial charge in [0.05, 0.1) is 12.6 Å². The van der Waals surface area contributed by atoms with E-state index in [2.05, 4.69) is 0 Å². The van der Waals surface area contributed by atoms with Crippen LogP contribution in [0.2, 0.25) is 0 Å². The summed E-state index contributed by atoms with van der Waals surface area (Å²) >= 11 is 0. The first-order chi connectivity index (χ1) is 7.72. The van der Waals surface area contributed by atoms with Gasteiger partial charge in [0.15, 0.2) is 0 Å². The van der Waals surface area contributed by atoms with Crippen molar-refractivity contribution in [2.45, 2.75) is 18.6 Å². The third kappa shape index (κ3) is 2.02. The van der Waals surface area contributed by atoms with Gasteiger partial charge in [0.25, 0.3) is 0 Å². The van der Waals surface area contributed by atoms with Crippen molar-refractivity contribution in [1.29, 1.82) is 0 Å². The Kier molecular flexibility index (Phi) is 3.10. The maximum Gasteiger partial charge on any atom is 0.410 e. The Morgan fingerprint density at radius 2 is 2.06 bits per heavy atom. The van der Waals surface area contributed by atoms with E-state index in [0.717, 1.165) is 5.56 Å². The van der Waals surface area contributed by atoms with E-state index in [-0.39, 0.29) is 24.8 Å². The lowest BCUT2D eigenvalue weighted by Gasteiger charge is -2.18. The van der Waals surface area contributed by atoms with E-state index in [4.69, 9.17) is 4.74 Å². The normalized spacial score (nSPS) is 24.6. The van der Waals surface area contributed by atoms with Crippen molar-refractivity contribution in [1.82, 2.24) is 4.90 Å². The number of carbonyl (C=O) groups is 1. The largest absolute Gasteiger partial charge is 0.443 e.